The fourth-order valence-electron chi connectivity index (χ4n) is 4.56. The van der Waals surface area contributed by atoms with E-state index in [1.165, 1.54) is 6.92 Å². The number of benzene rings is 1. The summed E-state index contributed by atoms with van der Waals surface area (Å²) in [6.45, 7) is 6.04. The van der Waals surface area contributed by atoms with Crippen molar-refractivity contribution in [1.29, 1.82) is 0 Å². The highest BCUT2D eigenvalue weighted by Crippen LogP contribution is 2.39. The van der Waals surface area contributed by atoms with Gasteiger partial charge in [-0.1, -0.05) is 44.2 Å². The molecule has 1 aromatic carbocycles. The zero-order chi connectivity index (χ0) is 23.3. The molecule has 2 aromatic rings. The molecule has 0 radical (unpaired) electrons. The van der Waals surface area contributed by atoms with Gasteiger partial charge in [0.15, 0.2) is 0 Å². The number of rotatable bonds is 6. The van der Waals surface area contributed by atoms with E-state index in [9.17, 15) is 14.7 Å². The minimum absolute atomic E-state index is 0.0706. The second kappa shape index (κ2) is 10.2. The Kier molecular flexibility index (Phi) is 7.61. The molecule has 0 saturated heterocycles. The van der Waals surface area contributed by atoms with Crippen molar-refractivity contribution >= 4 is 11.8 Å². The molecule has 3 rings (SSSR count). The summed E-state index contributed by atoms with van der Waals surface area (Å²) in [5.41, 5.74) is 1.28. The molecule has 2 N–H and O–H groups in total. The Bertz CT molecular complexity index is 917. The molecule has 172 valence electrons. The first-order chi connectivity index (χ1) is 15.2. The van der Waals surface area contributed by atoms with E-state index in [1.807, 2.05) is 32.0 Å². The lowest BCUT2D eigenvalue weighted by Gasteiger charge is -2.34. The van der Waals surface area contributed by atoms with E-state index in [4.69, 9.17) is 0 Å². The van der Waals surface area contributed by atoms with Gasteiger partial charge in [-0.2, -0.15) is 0 Å². The van der Waals surface area contributed by atoms with Gasteiger partial charge in [-0.25, -0.2) is 9.97 Å². The summed E-state index contributed by atoms with van der Waals surface area (Å²) >= 11 is 0. The van der Waals surface area contributed by atoms with Crippen LogP contribution in [0.15, 0.2) is 42.7 Å². The van der Waals surface area contributed by atoms with Crippen molar-refractivity contribution in [3.63, 3.8) is 0 Å². The molecule has 3 atom stereocenters. The molecule has 1 aliphatic rings. The SMILES string of the molecule is CC(=O)NC[C@]1(c2ccccc2)CC[C@H](O)[C@@H](N(C)C(=O)c2cnc(C(C)C)nc2)CC1. The number of amides is 2. The van der Waals surface area contributed by atoms with Crippen LogP contribution in [0.25, 0.3) is 0 Å². The molecule has 0 aliphatic heterocycles. The quantitative estimate of drug-likeness (QED) is 0.676. The molecule has 0 bridgehead atoms. The van der Waals surface area contributed by atoms with E-state index in [0.29, 0.717) is 30.8 Å². The van der Waals surface area contributed by atoms with Crippen LogP contribution in [-0.2, 0) is 10.2 Å². The van der Waals surface area contributed by atoms with Crippen molar-refractivity contribution in [3.8, 4) is 0 Å². The first kappa shape index (κ1) is 23.9. The zero-order valence-electron chi connectivity index (χ0n) is 19.4. The van der Waals surface area contributed by atoms with E-state index >= 15 is 0 Å². The van der Waals surface area contributed by atoms with Crippen LogP contribution in [0.1, 0.15) is 74.1 Å². The Labute approximate surface area is 190 Å². The summed E-state index contributed by atoms with van der Waals surface area (Å²) in [5.74, 6) is 0.622. The number of aliphatic hydroxyl groups excluding tert-OH is 1. The fourth-order valence-corrected chi connectivity index (χ4v) is 4.56. The standard InChI is InChI=1S/C25H34N4O3/c1-17(2)23-26-14-19(15-27-23)24(32)29(4)21-10-12-25(13-11-22(21)31,16-28-18(3)30)20-8-6-5-7-9-20/h5-9,14-15,17,21-22,31H,10-13,16H2,1-4H3,(H,28,30)/t21-,22-,25+/m0/s1. The maximum Gasteiger partial charge on any atom is 0.257 e. The minimum Gasteiger partial charge on any atom is -0.391 e. The van der Waals surface area contributed by atoms with E-state index in [0.717, 1.165) is 18.4 Å². The molecular formula is C25H34N4O3. The maximum absolute atomic E-state index is 13.1. The number of likely N-dealkylation sites (N-methyl/N-ethyl adjacent to an activating group) is 1. The molecule has 1 saturated carbocycles. The number of nitrogens with zero attached hydrogens (tertiary/aromatic N) is 3. The average Bonchev–Trinajstić information content (AvgIpc) is 2.97. The van der Waals surface area contributed by atoms with Gasteiger partial charge in [0.2, 0.25) is 5.91 Å². The topological polar surface area (TPSA) is 95.4 Å². The Balaban J connectivity index is 1.80. The predicted octanol–water partition coefficient (Wildman–Crippen LogP) is 3.05. The minimum atomic E-state index is -0.650. The van der Waals surface area contributed by atoms with E-state index in [1.54, 1.807) is 24.3 Å². The first-order valence-corrected chi connectivity index (χ1v) is 11.3. The van der Waals surface area contributed by atoms with Gasteiger partial charge in [0.1, 0.15) is 5.82 Å². The van der Waals surface area contributed by atoms with Gasteiger partial charge in [0.05, 0.1) is 17.7 Å². The van der Waals surface area contributed by atoms with Crippen LogP contribution in [0, 0.1) is 0 Å². The van der Waals surface area contributed by atoms with Gasteiger partial charge >= 0.3 is 0 Å². The molecule has 7 nitrogen and oxygen atoms in total. The van der Waals surface area contributed by atoms with Gasteiger partial charge in [-0.3, -0.25) is 9.59 Å². The van der Waals surface area contributed by atoms with Crippen LogP contribution < -0.4 is 5.32 Å². The van der Waals surface area contributed by atoms with Crippen LogP contribution in [0.3, 0.4) is 0 Å². The number of aromatic nitrogens is 2. The van der Waals surface area contributed by atoms with Gasteiger partial charge in [0, 0.05) is 44.2 Å². The first-order valence-electron chi connectivity index (χ1n) is 11.3. The van der Waals surface area contributed by atoms with Crippen molar-refractivity contribution in [1.82, 2.24) is 20.2 Å². The lowest BCUT2D eigenvalue weighted by Crippen LogP contribution is -2.44. The Hall–Kier alpha value is -2.80. The maximum atomic E-state index is 13.1. The van der Waals surface area contributed by atoms with E-state index < -0.39 is 6.10 Å². The zero-order valence-corrected chi connectivity index (χ0v) is 19.4. The molecule has 32 heavy (non-hydrogen) atoms. The smallest absolute Gasteiger partial charge is 0.257 e. The van der Waals surface area contributed by atoms with Crippen LogP contribution in [0.2, 0.25) is 0 Å². The number of carbonyl (C=O) groups excluding carboxylic acids is 2. The number of nitrogens with one attached hydrogen (secondary N) is 1. The molecule has 1 heterocycles. The third-order valence-electron chi connectivity index (χ3n) is 6.60. The van der Waals surface area contributed by atoms with Crippen LogP contribution in [0.5, 0.6) is 0 Å². The number of hydrogen-bond donors (Lipinski definition) is 2. The van der Waals surface area contributed by atoms with Crippen molar-refractivity contribution in [2.24, 2.45) is 0 Å². The molecule has 0 spiro atoms. The van der Waals surface area contributed by atoms with Gasteiger partial charge in [-0.15, -0.1) is 0 Å². The monoisotopic (exact) mass is 438 g/mol. The fraction of sp³-hybridized carbons (Fsp3) is 0.520. The van der Waals surface area contributed by atoms with Crippen LogP contribution in [-0.4, -0.2) is 57.5 Å². The summed E-state index contributed by atoms with van der Waals surface area (Å²) in [5, 5.41) is 14.0. The molecule has 7 heteroatoms. The lowest BCUT2D eigenvalue weighted by molar-refractivity contribution is -0.119. The van der Waals surface area contributed by atoms with Crippen molar-refractivity contribution in [2.45, 2.75) is 69.9 Å². The summed E-state index contributed by atoms with van der Waals surface area (Å²) in [4.78, 5) is 35.0. The Morgan fingerprint density at radius 2 is 1.78 bits per heavy atom. The second-order valence-corrected chi connectivity index (χ2v) is 9.17. The van der Waals surface area contributed by atoms with Crippen molar-refractivity contribution in [2.75, 3.05) is 13.6 Å². The molecule has 0 unspecified atom stereocenters. The van der Waals surface area contributed by atoms with Crippen LogP contribution in [0.4, 0.5) is 0 Å². The highest BCUT2D eigenvalue weighted by molar-refractivity contribution is 5.93. The number of hydrogen-bond acceptors (Lipinski definition) is 5. The third kappa shape index (κ3) is 5.33. The molecular weight excluding hydrogens is 404 g/mol. The van der Waals surface area contributed by atoms with Gasteiger partial charge in [0.25, 0.3) is 5.91 Å². The molecule has 2 amide bonds. The molecule has 1 aliphatic carbocycles. The van der Waals surface area contributed by atoms with Crippen molar-refractivity contribution < 1.29 is 14.7 Å². The third-order valence-corrected chi connectivity index (χ3v) is 6.60. The summed E-state index contributed by atoms with van der Waals surface area (Å²) in [7, 11) is 1.73. The summed E-state index contributed by atoms with van der Waals surface area (Å²) in [6.07, 6.45) is 5.12. The van der Waals surface area contributed by atoms with E-state index in [-0.39, 0.29) is 29.2 Å². The van der Waals surface area contributed by atoms with Crippen LogP contribution >= 0.6 is 0 Å². The van der Waals surface area contributed by atoms with Crippen molar-refractivity contribution in [3.05, 3.63) is 59.7 Å². The normalized spacial score (nSPS) is 23.4. The number of aliphatic hydroxyl groups is 1. The Morgan fingerprint density at radius 3 is 2.38 bits per heavy atom. The summed E-state index contributed by atoms with van der Waals surface area (Å²) < 4.78 is 0. The largest absolute Gasteiger partial charge is 0.391 e. The predicted molar refractivity (Wildman–Crippen MR) is 123 cm³/mol. The summed E-state index contributed by atoms with van der Waals surface area (Å²) in [6, 6.07) is 9.81. The number of carbonyl (C=O) groups is 2. The second-order valence-electron chi connectivity index (χ2n) is 9.17. The Morgan fingerprint density at radius 1 is 1.16 bits per heavy atom. The highest BCUT2D eigenvalue weighted by atomic mass is 16.3. The highest BCUT2D eigenvalue weighted by Gasteiger charge is 2.40. The average molecular weight is 439 g/mol. The van der Waals surface area contributed by atoms with Gasteiger partial charge < -0.3 is 15.3 Å². The lowest BCUT2D eigenvalue weighted by atomic mass is 9.74. The van der Waals surface area contributed by atoms with Gasteiger partial charge in [-0.05, 0) is 31.2 Å². The molecule has 1 fully saturated rings. The molecule has 1 aromatic heterocycles. The van der Waals surface area contributed by atoms with E-state index in [2.05, 4.69) is 27.4 Å².